The molecule has 0 amide bonds. The van der Waals surface area contributed by atoms with Crippen molar-refractivity contribution >= 4 is 23.4 Å². The zero-order valence-electron chi connectivity index (χ0n) is 13.0. The molecule has 0 aliphatic carbocycles. The van der Waals surface area contributed by atoms with Gasteiger partial charge in [0.1, 0.15) is 11.6 Å². The van der Waals surface area contributed by atoms with Crippen LogP contribution in [0.4, 0.5) is 11.6 Å². The first kappa shape index (κ1) is 14.9. The summed E-state index contributed by atoms with van der Waals surface area (Å²) in [6.45, 7) is 4.77. The van der Waals surface area contributed by atoms with Crippen molar-refractivity contribution in [1.82, 2.24) is 14.9 Å². The van der Waals surface area contributed by atoms with Crippen molar-refractivity contribution in [3.05, 3.63) is 6.07 Å². The lowest BCUT2D eigenvalue weighted by Crippen LogP contribution is -2.41. The standard InChI is InChI=1S/C15H25N5S/c1-16-13-10-14(18-15(17-13)21-2)20-9-6-12(11-20)19-7-4-3-5-8-19/h10,12H,3-9,11H2,1-2H3,(H,16,17,18). The van der Waals surface area contributed by atoms with Gasteiger partial charge in [-0.15, -0.1) is 0 Å². The van der Waals surface area contributed by atoms with Crippen molar-refractivity contribution in [3.63, 3.8) is 0 Å². The molecule has 0 aromatic carbocycles. The van der Waals surface area contributed by atoms with Crippen LogP contribution in [0.1, 0.15) is 25.7 Å². The largest absolute Gasteiger partial charge is 0.373 e. The van der Waals surface area contributed by atoms with Gasteiger partial charge in [0.15, 0.2) is 5.16 Å². The molecule has 21 heavy (non-hydrogen) atoms. The lowest BCUT2D eigenvalue weighted by Gasteiger charge is -2.32. The van der Waals surface area contributed by atoms with Crippen LogP contribution in [0.2, 0.25) is 0 Å². The number of nitrogens with one attached hydrogen (secondary N) is 1. The molecular weight excluding hydrogens is 282 g/mol. The SMILES string of the molecule is CNc1cc(N2CCC(N3CCCCC3)C2)nc(SC)n1. The minimum atomic E-state index is 0.705. The van der Waals surface area contributed by atoms with Gasteiger partial charge in [-0.25, -0.2) is 9.97 Å². The van der Waals surface area contributed by atoms with Crippen molar-refractivity contribution in [3.8, 4) is 0 Å². The van der Waals surface area contributed by atoms with Gasteiger partial charge >= 0.3 is 0 Å². The highest BCUT2D eigenvalue weighted by atomic mass is 32.2. The molecule has 1 atom stereocenters. The Morgan fingerprint density at radius 2 is 2.00 bits per heavy atom. The van der Waals surface area contributed by atoms with Crippen LogP contribution in [0.15, 0.2) is 11.2 Å². The summed E-state index contributed by atoms with van der Waals surface area (Å²) in [5.41, 5.74) is 0. The van der Waals surface area contributed by atoms with E-state index in [1.165, 1.54) is 38.8 Å². The van der Waals surface area contributed by atoms with Gasteiger partial charge in [0, 0.05) is 32.2 Å². The molecule has 0 radical (unpaired) electrons. The van der Waals surface area contributed by atoms with E-state index >= 15 is 0 Å². The van der Waals surface area contributed by atoms with E-state index < -0.39 is 0 Å². The number of likely N-dealkylation sites (tertiary alicyclic amines) is 1. The molecule has 2 aliphatic heterocycles. The molecule has 6 heteroatoms. The molecule has 0 bridgehead atoms. The van der Waals surface area contributed by atoms with Crippen LogP contribution in [-0.2, 0) is 0 Å². The fourth-order valence-corrected chi connectivity index (χ4v) is 3.70. The molecule has 2 saturated heterocycles. The highest BCUT2D eigenvalue weighted by Crippen LogP contribution is 2.26. The molecule has 1 unspecified atom stereocenters. The minimum Gasteiger partial charge on any atom is -0.373 e. The zero-order chi connectivity index (χ0) is 14.7. The Morgan fingerprint density at radius 1 is 1.19 bits per heavy atom. The van der Waals surface area contributed by atoms with E-state index in [1.807, 2.05) is 13.3 Å². The fraction of sp³-hybridized carbons (Fsp3) is 0.733. The van der Waals surface area contributed by atoms with Crippen LogP contribution in [-0.4, -0.2) is 60.4 Å². The lowest BCUT2D eigenvalue weighted by atomic mass is 10.1. The summed E-state index contributed by atoms with van der Waals surface area (Å²) in [6.07, 6.45) is 7.42. The van der Waals surface area contributed by atoms with Crippen LogP contribution in [0, 0.1) is 0 Å². The van der Waals surface area contributed by atoms with Gasteiger partial charge in [-0.1, -0.05) is 18.2 Å². The first-order chi connectivity index (χ1) is 10.3. The van der Waals surface area contributed by atoms with Crippen molar-refractivity contribution in [2.45, 2.75) is 36.9 Å². The third kappa shape index (κ3) is 3.43. The molecule has 1 aromatic heterocycles. The van der Waals surface area contributed by atoms with Gasteiger partial charge in [-0.2, -0.15) is 0 Å². The second kappa shape index (κ2) is 6.83. The number of hydrogen-bond acceptors (Lipinski definition) is 6. The quantitative estimate of drug-likeness (QED) is 0.680. The van der Waals surface area contributed by atoms with E-state index in [1.54, 1.807) is 11.8 Å². The van der Waals surface area contributed by atoms with E-state index in [-0.39, 0.29) is 0 Å². The smallest absolute Gasteiger partial charge is 0.191 e. The second-order valence-corrected chi connectivity index (χ2v) is 6.61. The van der Waals surface area contributed by atoms with E-state index in [0.29, 0.717) is 6.04 Å². The number of thioether (sulfide) groups is 1. The van der Waals surface area contributed by atoms with Crippen LogP contribution >= 0.6 is 11.8 Å². The Bertz CT molecular complexity index is 453. The first-order valence-corrected chi connectivity index (χ1v) is 9.12. The number of nitrogens with zero attached hydrogens (tertiary/aromatic N) is 4. The number of rotatable bonds is 4. The summed E-state index contributed by atoms with van der Waals surface area (Å²) in [5, 5.41) is 3.98. The van der Waals surface area contributed by atoms with Gasteiger partial charge < -0.3 is 10.2 Å². The Labute approximate surface area is 131 Å². The van der Waals surface area contributed by atoms with Crippen LogP contribution in [0.5, 0.6) is 0 Å². The van der Waals surface area contributed by atoms with E-state index in [4.69, 9.17) is 0 Å². The van der Waals surface area contributed by atoms with Crippen LogP contribution in [0.3, 0.4) is 0 Å². The molecule has 5 nitrogen and oxygen atoms in total. The highest BCUT2D eigenvalue weighted by molar-refractivity contribution is 7.98. The summed E-state index contributed by atoms with van der Waals surface area (Å²) in [7, 11) is 1.91. The molecule has 1 aromatic rings. The third-order valence-corrected chi connectivity index (χ3v) is 5.07. The average molecular weight is 307 g/mol. The maximum atomic E-state index is 4.68. The molecule has 1 N–H and O–H groups in total. The van der Waals surface area contributed by atoms with E-state index in [0.717, 1.165) is 29.9 Å². The van der Waals surface area contributed by atoms with Gasteiger partial charge in [-0.05, 0) is 38.6 Å². The number of anilines is 2. The number of aromatic nitrogens is 2. The van der Waals surface area contributed by atoms with Crippen molar-refractivity contribution in [2.75, 3.05) is 49.7 Å². The third-order valence-electron chi connectivity index (χ3n) is 4.53. The molecule has 0 saturated carbocycles. The predicted molar refractivity (Wildman–Crippen MR) is 89.4 cm³/mol. The number of piperidine rings is 1. The molecule has 3 heterocycles. The normalized spacial score (nSPS) is 23.5. The van der Waals surface area contributed by atoms with Crippen LogP contribution < -0.4 is 10.2 Å². The Kier molecular flexibility index (Phi) is 4.85. The number of hydrogen-bond donors (Lipinski definition) is 1. The topological polar surface area (TPSA) is 44.3 Å². The summed E-state index contributed by atoms with van der Waals surface area (Å²) in [6, 6.07) is 2.77. The van der Waals surface area contributed by atoms with Crippen LogP contribution in [0.25, 0.3) is 0 Å². The van der Waals surface area contributed by atoms with Crippen molar-refractivity contribution in [1.29, 1.82) is 0 Å². The van der Waals surface area contributed by atoms with Gasteiger partial charge in [0.25, 0.3) is 0 Å². The van der Waals surface area contributed by atoms with Gasteiger partial charge in [0.2, 0.25) is 0 Å². The van der Waals surface area contributed by atoms with Crippen molar-refractivity contribution in [2.24, 2.45) is 0 Å². The summed E-state index contributed by atoms with van der Waals surface area (Å²) < 4.78 is 0. The maximum absolute atomic E-state index is 4.68. The molecule has 3 rings (SSSR count). The summed E-state index contributed by atoms with van der Waals surface area (Å²) >= 11 is 1.60. The monoisotopic (exact) mass is 307 g/mol. The predicted octanol–water partition coefficient (Wildman–Crippen LogP) is 2.30. The Morgan fingerprint density at radius 3 is 2.71 bits per heavy atom. The molecule has 2 fully saturated rings. The van der Waals surface area contributed by atoms with Gasteiger partial charge in [0.05, 0.1) is 0 Å². The lowest BCUT2D eigenvalue weighted by molar-refractivity contribution is 0.175. The molecule has 0 spiro atoms. The fourth-order valence-electron chi connectivity index (χ4n) is 3.33. The van der Waals surface area contributed by atoms with E-state index in [2.05, 4.69) is 31.2 Å². The summed E-state index contributed by atoms with van der Waals surface area (Å²) in [5.74, 6) is 1.98. The first-order valence-electron chi connectivity index (χ1n) is 7.90. The zero-order valence-corrected chi connectivity index (χ0v) is 13.8. The molecule has 116 valence electrons. The molecular formula is C15H25N5S. The summed E-state index contributed by atoms with van der Waals surface area (Å²) in [4.78, 5) is 14.2. The van der Waals surface area contributed by atoms with Gasteiger partial charge in [-0.3, -0.25) is 4.90 Å². The van der Waals surface area contributed by atoms with Crippen molar-refractivity contribution < 1.29 is 0 Å². The minimum absolute atomic E-state index is 0.705. The Hall–Kier alpha value is -1.01. The Balaban J connectivity index is 1.70. The average Bonchev–Trinajstić information content (AvgIpc) is 3.05. The maximum Gasteiger partial charge on any atom is 0.191 e. The second-order valence-electron chi connectivity index (χ2n) is 5.83. The van der Waals surface area contributed by atoms with E-state index in [9.17, 15) is 0 Å². The molecule has 2 aliphatic rings. The highest BCUT2D eigenvalue weighted by Gasteiger charge is 2.29.